The number of allylic oxidation sites excluding steroid dienone is 2. The van der Waals surface area contributed by atoms with Crippen LogP contribution in [0.25, 0.3) is 21.8 Å². The lowest BCUT2D eigenvalue weighted by atomic mass is 10.1. The van der Waals surface area contributed by atoms with Crippen molar-refractivity contribution >= 4 is 21.8 Å². The minimum absolute atomic E-state index is 0.268. The van der Waals surface area contributed by atoms with E-state index in [4.69, 9.17) is 9.47 Å². The summed E-state index contributed by atoms with van der Waals surface area (Å²) in [4.78, 5) is 0. The van der Waals surface area contributed by atoms with Crippen molar-refractivity contribution in [3.8, 4) is 5.75 Å². The lowest BCUT2D eigenvalue weighted by Crippen LogP contribution is -2.04. The van der Waals surface area contributed by atoms with Crippen molar-refractivity contribution in [3.63, 3.8) is 0 Å². The molecule has 1 fully saturated rings. The van der Waals surface area contributed by atoms with Crippen LogP contribution in [0.1, 0.15) is 13.8 Å². The molecule has 0 spiro atoms. The molecule has 3 nitrogen and oxygen atoms in total. The molecule has 1 aliphatic heterocycles. The van der Waals surface area contributed by atoms with Gasteiger partial charge < -0.3 is 14.0 Å². The maximum Gasteiger partial charge on any atom is 0.129 e. The fourth-order valence-electron chi connectivity index (χ4n) is 3.00. The largest absolute Gasteiger partial charge is 0.490 e. The van der Waals surface area contributed by atoms with Crippen molar-refractivity contribution in [1.29, 1.82) is 0 Å². The van der Waals surface area contributed by atoms with Gasteiger partial charge in [0.2, 0.25) is 0 Å². The zero-order valence-electron chi connectivity index (χ0n) is 13.6. The molecule has 1 unspecified atom stereocenters. The summed E-state index contributed by atoms with van der Waals surface area (Å²) in [6.07, 6.45) is 2.53. The monoisotopic (exact) mass is 307 g/mol. The highest BCUT2D eigenvalue weighted by Gasteiger charge is 2.24. The van der Waals surface area contributed by atoms with Crippen LogP contribution in [0.4, 0.5) is 0 Å². The van der Waals surface area contributed by atoms with Crippen LogP contribution in [0.5, 0.6) is 5.75 Å². The number of benzene rings is 2. The Morgan fingerprint density at radius 1 is 1.17 bits per heavy atom. The molecule has 4 rings (SSSR count). The lowest BCUT2D eigenvalue weighted by molar-refractivity contribution is 0.265. The highest BCUT2D eigenvalue weighted by atomic mass is 16.6. The fraction of sp³-hybridized carbons (Fsp3) is 0.300. The SMILES string of the molecule is CC(C)=CCn1c2ccccc2c2c(OCC3CO3)cccc21. The molecular formula is C20H21NO2. The maximum atomic E-state index is 6.04. The third-order valence-electron chi connectivity index (χ3n) is 4.27. The topological polar surface area (TPSA) is 26.7 Å². The van der Waals surface area contributed by atoms with Crippen LogP contribution in [-0.2, 0) is 11.3 Å². The van der Waals surface area contributed by atoms with Gasteiger partial charge in [-0.3, -0.25) is 0 Å². The van der Waals surface area contributed by atoms with E-state index in [1.165, 1.54) is 27.4 Å². The van der Waals surface area contributed by atoms with Crippen LogP contribution in [0.2, 0.25) is 0 Å². The molecular weight excluding hydrogens is 286 g/mol. The Kier molecular flexibility index (Phi) is 3.58. The summed E-state index contributed by atoms with van der Waals surface area (Å²) in [6, 6.07) is 14.9. The van der Waals surface area contributed by atoms with Crippen molar-refractivity contribution < 1.29 is 9.47 Å². The average Bonchev–Trinajstić information content (AvgIpc) is 3.32. The van der Waals surface area contributed by atoms with Gasteiger partial charge in [0.1, 0.15) is 18.5 Å². The van der Waals surface area contributed by atoms with Gasteiger partial charge in [-0.05, 0) is 32.0 Å². The molecule has 1 aliphatic rings. The Bertz CT molecular complexity index is 883. The molecule has 3 aromatic rings. The minimum atomic E-state index is 0.268. The Hall–Kier alpha value is -2.26. The number of ether oxygens (including phenoxy) is 2. The summed E-state index contributed by atoms with van der Waals surface area (Å²) < 4.78 is 13.7. The smallest absolute Gasteiger partial charge is 0.129 e. The van der Waals surface area contributed by atoms with Gasteiger partial charge in [-0.1, -0.05) is 35.9 Å². The molecule has 1 atom stereocenters. The first-order chi connectivity index (χ1) is 11.2. The third kappa shape index (κ3) is 2.73. The summed E-state index contributed by atoms with van der Waals surface area (Å²) in [7, 11) is 0. The first-order valence-electron chi connectivity index (χ1n) is 8.12. The van der Waals surface area contributed by atoms with E-state index in [0.717, 1.165) is 18.9 Å². The minimum Gasteiger partial charge on any atom is -0.490 e. The first-order valence-corrected chi connectivity index (χ1v) is 8.12. The molecule has 23 heavy (non-hydrogen) atoms. The van der Waals surface area contributed by atoms with E-state index >= 15 is 0 Å². The molecule has 0 bridgehead atoms. The van der Waals surface area contributed by atoms with Gasteiger partial charge in [0, 0.05) is 22.8 Å². The quantitative estimate of drug-likeness (QED) is 0.511. The van der Waals surface area contributed by atoms with Crippen LogP contribution >= 0.6 is 0 Å². The maximum absolute atomic E-state index is 6.04. The summed E-state index contributed by atoms with van der Waals surface area (Å²) in [5, 5.41) is 2.45. The van der Waals surface area contributed by atoms with E-state index in [-0.39, 0.29) is 6.10 Å². The van der Waals surface area contributed by atoms with Crippen molar-refractivity contribution in [2.75, 3.05) is 13.2 Å². The number of aromatic nitrogens is 1. The number of nitrogens with zero attached hydrogens (tertiary/aromatic N) is 1. The standard InChI is InChI=1S/C20H21NO2/c1-14(2)10-11-21-17-7-4-3-6-16(17)20-18(21)8-5-9-19(20)23-13-15-12-22-15/h3-10,15H,11-13H2,1-2H3. The van der Waals surface area contributed by atoms with Crippen molar-refractivity contribution in [3.05, 3.63) is 54.1 Å². The molecule has 0 N–H and O–H groups in total. The molecule has 0 saturated carbocycles. The Labute approximate surface area is 136 Å². The third-order valence-corrected chi connectivity index (χ3v) is 4.27. The Morgan fingerprint density at radius 3 is 2.74 bits per heavy atom. The predicted molar refractivity (Wildman–Crippen MR) is 94.1 cm³/mol. The summed E-state index contributed by atoms with van der Waals surface area (Å²) >= 11 is 0. The predicted octanol–water partition coefficient (Wildman–Crippen LogP) is 4.54. The van der Waals surface area contributed by atoms with Gasteiger partial charge in [0.05, 0.1) is 12.1 Å². The lowest BCUT2D eigenvalue weighted by Gasteiger charge is -2.07. The normalized spacial score (nSPS) is 16.7. The van der Waals surface area contributed by atoms with Gasteiger partial charge in [-0.25, -0.2) is 0 Å². The van der Waals surface area contributed by atoms with Gasteiger partial charge in [-0.2, -0.15) is 0 Å². The Balaban J connectivity index is 1.89. The molecule has 0 aliphatic carbocycles. The summed E-state index contributed by atoms with van der Waals surface area (Å²) in [5.41, 5.74) is 3.80. The Morgan fingerprint density at radius 2 is 1.96 bits per heavy atom. The second-order valence-electron chi connectivity index (χ2n) is 6.33. The number of hydrogen-bond donors (Lipinski definition) is 0. The molecule has 2 aromatic carbocycles. The van der Waals surface area contributed by atoms with Crippen molar-refractivity contribution in [2.24, 2.45) is 0 Å². The van der Waals surface area contributed by atoms with Gasteiger partial charge in [-0.15, -0.1) is 0 Å². The average molecular weight is 307 g/mol. The van der Waals surface area contributed by atoms with Crippen molar-refractivity contribution in [1.82, 2.24) is 4.57 Å². The molecule has 1 aromatic heterocycles. The van der Waals surface area contributed by atoms with E-state index < -0.39 is 0 Å². The zero-order valence-corrected chi connectivity index (χ0v) is 13.6. The fourth-order valence-corrected chi connectivity index (χ4v) is 3.00. The molecule has 118 valence electrons. The number of epoxide rings is 1. The van der Waals surface area contributed by atoms with Crippen LogP contribution in [0.3, 0.4) is 0 Å². The first kappa shape index (κ1) is 14.3. The van der Waals surface area contributed by atoms with E-state index in [0.29, 0.717) is 6.61 Å². The highest BCUT2D eigenvalue weighted by molar-refractivity contribution is 6.11. The van der Waals surface area contributed by atoms with Crippen LogP contribution in [0.15, 0.2) is 54.1 Å². The second kappa shape index (κ2) is 5.74. The van der Waals surface area contributed by atoms with Crippen molar-refractivity contribution in [2.45, 2.75) is 26.5 Å². The van der Waals surface area contributed by atoms with Crippen LogP contribution in [-0.4, -0.2) is 23.9 Å². The van der Waals surface area contributed by atoms with Gasteiger partial charge >= 0.3 is 0 Å². The number of fused-ring (bicyclic) bond motifs is 3. The van der Waals surface area contributed by atoms with Gasteiger partial charge in [0.25, 0.3) is 0 Å². The number of rotatable bonds is 5. The van der Waals surface area contributed by atoms with E-state index in [1.807, 2.05) is 0 Å². The van der Waals surface area contributed by atoms with E-state index in [1.54, 1.807) is 0 Å². The van der Waals surface area contributed by atoms with Crippen LogP contribution < -0.4 is 4.74 Å². The molecule has 0 amide bonds. The number of para-hydroxylation sites is 1. The highest BCUT2D eigenvalue weighted by Crippen LogP contribution is 2.36. The van der Waals surface area contributed by atoms with Crippen LogP contribution in [0, 0.1) is 0 Å². The van der Waals surface area contributed by atoms with Gasteiger partial charge in [0.15, 0.2) is 0 Å². The zero-order chi connectivity index (χ0) is 15.8. The summed E-state index contributed by atoms with van der Waals surface area (Å²) in [5.74, 6) is 0.949. The molecule has 1 saturated heterocycles. The van der Waals surface area contributed by atoms with E-state index in [9.17, 15) is 0 Å². The molecule has 0 radical (unpaired) electrons. The molecule has 3 heteroatoms. The van der Waals surface area contributed by atoms with E-state index in [2.05, 4.69) is 67.0 Å². The summed E-state index contributed by atoms with van der Waals surface area (Å²) in [6.45, 7) is 6.60. The second-order valence-corrected chi connectivity index (χ2v) is 6.33. The molecule has 2 heterocycles. The number of hydrogen-bond acceptors (Lipinski definition) is 2.